The van der Waals surface area contributed by atoms with Gasteiger partial charge in [-0.15, -0.1) is 13.2 Å². The lowest BCUT2D eigenvalue weighted by Crippen LogP contribution is -2.49. The number of aliphatic imine (C=N–C) groups is 1. The number of allylic oxidation sites excluding steroid dienone is 4. The van der Waals surface area contributed by atoms with Gasteiger partial charge in [-0.2, -0.15) is 0 Å². The average Bonchev–Trinajstić information content (AvgIpc) is 3.85. The van der Waals surface area contributed by atoms with E-state index in [1.807, 2.05) is 41.3 Å². The second-order valence-electron chi connectivity index (χ2n) is 15.6. The zero-order valence-electron chi connectivity index (χ0n) is 35.5. The molecule has 6 rings (SSSR count). The van der Waals surface area contributed by atoms with E-state index in [1.54, 1.807) is 6.20 Å². The summed E-state index contributed by atoms with van der Waals surface area (Å²) in [4.78, 5) is 34.7. The minimum Gasteiger partial charge on any atom is -0.406 e. The number of benzene rings is 2. The maximum Gasteiger partial charge on any atom is 0.573 e. The third kappa shape index (κ3) is 15.1. The molecule has 2 aliphatic carbocycles. The maximum atomic E-state index is 13.7. The summed E-state index contributed by atoms with van der Waals surface area (Å²) in [5, 5.41) is 6.16. The molecule has 338 valence electrons. The van der Waals surface area contributed by atoms with Crippen molar-refractivity contribution < 1.29 is 51.2 Å². The number of amides is 2. The number of nitrogens with zero attached hydrogens (tertiary/aromatic N) is 3. The van der Waals surface area contributed by atoms with Crippen molar-refractivity contribution in [2.75, 3.05) is 111 Å². The zero-order valence-corrected chi connectivity index (χ0v) is 35.5. The fourth-order valence-corrected chi connectivity index (χ4v) is 8.06. The molecule has 4 unspecified atom stereocenters. The predicted octanol–water partition coefficient (Wildman–Crippen LogP) is 6.20. The lowest BCUT2D eigenvalue weighted by molar-refractivity contribution is -0.274. The fraction of sp³-hybridized carbons (Fsp3) is 0.543. The Bertz CT molecular complexity index is 1850. The number of amidine groups is 1. The molecular weight excluding hydrogens is 808 g/mol. The molecule has 0 aromatic heterocycles. The van der Waals surface area contributed by atoms with Gasteiger partial charge in [0.15, 0.2) is 0 Å². The number of rotatable bonds is 24. The van der Waals surface area contributed by atoms with E-state index in [0.29, 0.717) is 115 Å². The molecular formula is C46H60F3N5O8. The van der Waals surface area contributed by atoms with Crippen molar-refractivity contribution in [3.63, 3.8) is 0 Å². The van der Waals surface area contributed by atoms with E-state index in [1.165, 1.54) is 24.3 Å². The molecule has 2 aromatic rings. The monoisotopic (exact) mass is 867 g/mol. The SMILES string of the molecule is CCC1C=CN=C(Nc2ccc(OC(F)(F)F)cc2)C=C1c1cccc(C(=O)N2CCN(CCOCCOCCOCCOCCOCCNC(=O)C3CC4C=CC3C4)CC2)c1. The minimum absolute atomic E-state index is 0.0228. The first kappa shape index (κ1) is 46.9. The van der Waals surface area contributed by atoms with Crippen LogP contribution in [-0.4, -0.2) is 139 Å². The van der Waals surface area contributed by atoms with Gasteiger partial charge in [0.2, 0.25) is 5.91 Å². The quantitative estimate of drug-likeness (QED) is 0.0929. The lowest BCUT2D eigenvalue weighted by atomic mass is 9.89. The average molecular weight is 868 g/mol. The molecule has 2 aliphatic heterocycles. The summed E-state index contributed by atoms with van der Waals surface area (Å²) in [6, 6.07) is 13.1. The van der Waals surface area contributed by atoms with Crippen LogP contribution in [0.2, 0.25) is 0 Å². The molecule has 0 radical (unpaired) electrons. The zero-order chi connectivity index (χ0) is 43.6. The number of nitrogens with one attached hydrogen (secondary N) is 2. The Labute approximate surface area is 362 Å². The van der Waals surface area contributed by atoms with Gasteiger partial charge in [0.05, 0.1) is 66.1 Å². The molecule has 2 amide bonds. The number of fused-ring (bicyclic) bond motifs is 2. The van der Waals surface area contributed by atoms with Crippen molar-refractivity contribution in [2.45, 2.75) is 32.5 Å². The van der Waals surface area contributed by atoms with Crippen LogP contribution < -0.4 is 15.4 Å². The normalized spacial score (nSPS) is 21.1. The number of carbonyl (C=O) groups excluding carboxylic acids is 2. The van der Waals surface area contributed by atoms with E-state index in [0.717, 1.165) is 50.0 Å². The molecule has 1 saturated carbocycles. The van der Waals surface area contributed by atoms with Crippen LogP contribution in [0, 0.1) is 23.7 Å². The van der Waals surface area contributed by atoms with Gasteiger partial charge >= 0.3 is 6.36 Å². The van der Waals surface area contributed by atoms with Crippen molar-refractivity contribution in [2.24, 2.45) is 28.7 Å². The maximum absolute atomic E-state index is 13.7. The Morgan fingerprint density at radius 2 is 1.45 bits per heavy atom. The first-order chi connectivity index (χ1) is 30.1. The highest BCUT2D eigenvalue weighted by atomic mass is 19.4. The van der Waals surface area contributed by atoms with Crippen molar-refractivity contribution in [3.8, 4) is 5.75 Å². The van der Waals surface area contributed by atoms with Gasteiger partial charge < -0.3 is 44.0 Å². The number of hydrogen-bond acceptors (Lipinski definition) is 11. The summed E-state index contributed by atoms with van der Waals surface area (Å²) in [5.41, 5.74) is 3.02. The number of hydrogen-bond donors (Lipinski definition) is 2. The van der Waals surface area contributed by atoms with Crippen molar-refractivity contribution in [1.29, 1.82) is 0 Å². The van der Waals surface area contributed by atoms with E-state index in [2.05, 4.69) is 44.3 Å². The Kier molecular flexibility index (Phi) is 18.4. The molecule has 4 atom stereocenters. The smallest absolute Gasteiger partial charge is 0.406 e. The van der Waals surface area contributed by atoms with Gasteiger partial charge in [0, 0.05) is 68.6 Å². The fourth-order valence-electron chi connectivity index (χ4n) is 8.06. The van der Waals surface area contributed by atoms with Crippen molar-refractivity contribution in [1.82, 2.24) is 15.1 Å². The van der Waals surface area contributed by atoms with Crippen LogP contribution in [-0.2, 0) is 28.5 Å². The minimum atomic E-state index is -4.76. The lowest BCUT2D eigenvalue weighted by Gasteiger charge is -2.34. The summed E-state index contributed by atoms with van der Waals surface area (Å²) >= 11 is 0. The molecule has 2 aromatic carbocycles. The van der Waals surface area contributed by atoms with Crippen LogP contribution in [0.3, 0.4) is 0 Å². The Balaban J connectivity index is 0.782. The van der Waals surface area contributed by atoms with Crippen LogP contribution >= 0.6 is 0 Å². The number of halogens is 3. The number of alkyl halides is 3. The van der Waals surface area contributed by atoms with Crippen LogP contribution in [0.25, 0.3) is 5.57 Å². The highest BCUT2D eigenvalue weighted by Crippen LogP contribution is 2.43. The van der Waals surface area contributed by atoms with Crippen LogP contribution in [0.1, 0.15) is 42.1 Å². The van der Waals surface area contributed by atoms with Gasteiger partial charge in [-0.3, -0.25) is 14.5 Å². The van der Waals surface area contributed by atoms with Crippen molar-refractivity contribution in [3.05, 3.63) is 90.2 Å². The molecule has 2 bridgehead atoms. The third-order valence-corrected chi connectivity index (χ3v) is 11.3. The first-order valence-corrected chi connectivity index (χ1v) is 21.7. The first-order valence-electron chi connectivity index (χ1n) is 21.7. The van der Waals surface area contributed by atoms with E-state index >= 15 is 0 Å². The Morgan fingerprint density at radius 3 is 2.06 bits per heavy atom. The van der Waals surface area contributed by atoms with Gasteiger partial charge in [0.25, 0.3) is 5.91 Å². The van der Waals surface area contributed by atoms with Crippen LogP contribution in [0.15, 0.2) is 84.0 Å². The molecule has 0 spiro atoms. The number of ether oxygens (including phenoxy) is 6. The highest BCUT2D eigenvalue weighted by molar-refractivity contribution is 6.09. The third-order valence-electron chi connectivity index (χ3n) is 11.3. The number of carbonyl (C=O) groups is 2. The molecule has 2 N–H and O–H groups in total. The molecule has 2 heterocycles. The van der Waals surface area contributed by atoms with E-state index < -0.39 is 6.36 Å². The van der Waals surface area contributed by atoms with E-state index in [9.17, 15) is 22.8 Å². The molecule has 1 saturated heterocycles. The van der Waals surface area contributed by atoms with Gasteiger partial charge in [-0.05, 0) is 84.7 Å². The predicted molar refractivity (Wildman–Crippen MR) is 230 cm³/mol. The van der Waals surface area contributed by atoms with Gasteiger partial charge in [-0.25, -0.2) is 4.99 Å². The second kappa shape index (κ2) is 24.3. The molecule has 62 heavy (non-hydrogen) atoms. The topological polar surface area (TPSA) is 132 Å². The number of piperazine rings is 1. The molecule has 4 aliphatic rings. The largest absolute Gasteiger partial charge is 0.573 e. The van der Waals surface area contributed by atoms with Crippen LogP contribution in [0.5, 0.6) is 5.75 Å². The summed E-state index contributed by atoms with van der Waals surface area (Å²) in [7, 11) is 0. The van der Waals surface area contributed by atoms with Gasteiger partial charge in [0.1, 0.15) is 11.6 Å². The molecule has 2 fully saturated rings. The second-order valence-corrected chi connectivity index (χ2v) is 15.6. The van der Waals surface area contributed by atoms with E-state index in [-0.39, 0.29) is 29.4 Å². The summed E-state index contributed by atoms with van der Waals surface area (Å²) < 4.78 is 69.8. The standard InChI is InChI=1S/C46H60F3N5O8/c1-2-35-12-13-50-43(52-39-8-10-40(11-9-39)62-46(47,48)49)33-41(35)36-4-3-5-38(32-36)45(56)54-17-15-53(16-18-54)19-21-58-23-25-60-27-29-61-28-26-59-24-22-57-20-14-51-44(55)42-31-34-6-7-37(42)30-34/h3-13,32-35,37,42H,2,14-31H2,1H3,(H,50,52)(H,51,55). The van der Waals surface area contributed by atoms with Gasteiger partial charge in [-0.1, -0.05) is 37.3 Å². The molecule has 13 nitrogen and oxygen atoms in total. The molecule has 16 heteroatoms. The summed E-state index contributed by atoms with van der Waals surface area (Å²) in [5.74, 6) is 1.50. The Hall–Kier alpha value is -4.58. The highest BCUT2D eigenvalue weighted by Gasteiger charge is 2.39. The van der Waals surface area contributed by atoms with E-state index in [4.69, 9.17) is 23.7 Å². The Morgan fingerprint density at radius 1 is 0.790 bits per heavy atom. The summed E-state index contributed by atoms with van der Waals surface area (Å²) in [6.07, 6.45) is 8.20. The summed E-state index contributed by atoms with van der Waals surface area (Å²) in [6.45, 7) is 10.9. The number of anilines is 1. The van der Waals surface area contributed by atoms with Crippen LogP contribution in [0.4, 0.5) is 18.9 Å². The van der Waals surface area contributed by atoms with Crippen molar-refractivity contribution >= 4 is 28.9 Å².